The molecule has 0 unspecified atom stereocenters. The number of nitrogens with zero attached hydrogens (tertiary/aromatic N) is 5. The Bertz CT molecular complexity index is 1140. The lowest BCUT2D eigenvalue weighted by Crippen LogP contribution is -2.51. The van der Waals surface area contributed by atoms with E-state index in [9.17, 15) is 18.4 Å². The first-order chi connectivity index (χ1) is 18.8. The SMILES string of the molecule is C=C(/C=C(\N=N/C)c1c(F)cccc1F)[C@@H]1CC[C@@](C)(CN(CC)C(=O)CCN2CCN(C(N)=O)CC2)C1(C)C. The molecule has 2 atom stereocenters. The molecule has 1 saturated heterocycles. The Balaban J connectivity index is 1.69. The maximum atomic E-state index is 14.5. The van der Waals surface area contributed by atoms with Crippen LogP contribution in [0.15, 0.2) is 46.7 Å². The minimum Gasteiger partial charge on any atom is -0.351 e. The predicted molar refractivity (Wildman–Crippen MR) is 153 cm³/mol. The van der Waals surface area contributed by atoms with Crippen LogP contribution in [0.5, 0.6) is 0 Å². The molecule has 8 nitrogen and oxygen atoms in total. The second-order valence-corrected chi connectivity index (χ2v) is 11.7. The van der Waals surface area contributed by atoms with E-state index in [-0.39, 0.29) is 33.9 Å². The number of urea groups is 1. The second kappa shape index (κ2) is 13.0. The average Bonchev–Trinajstić information content (AvgIpc) is 3.14. The highest BCUT2D eigenvalue weighted by Crippen LogP contribution is 2.58. The summed E-state index contributed by atoms with van der Waals surface area (Å²) in [5.74, 6) is -1.26. The number of hydrogen-bond acceptors (Lipinski definition) is 5. The molecule has 0 aromatic heterocycles. The molecule has 3 rings (SSSR count). The fourth-order valence-corrected chi connectivity index (χ4v) is 6.18. The van der Waals surface area contributed by atoms with Gasteiger partial charge < -0.3 is 15.5 Å². The lowest BCUT2D eigenvalue weighted by atomic mass is 9.64. The van der Waals surface area contributed by atoms with Crippen molar-refractivity contribution in [2.45, 2.75) is 47.0 Å². The molecular formula is C30H44F2N6O2. The number of hydrogen-bond donors (Lipinski definition) is 1. The second-order valence-electron chi connectivity index (χ2n) is 11.7. The molecule has 2 N–H and O–H groups in total. The highest BCUT2D eigenvalue weighted by atomic mass is 19.1. The van der Waals surface area contributed by atoms with E-state index in [1.165, 1.54) is 25.2 Å². The highest BCUT2D eigenvalue weighted by molar-refractivity contribution is 5.76. The molecule has 1 aliphatic heterocycles. The fourth-order valence-electron chi connectivity index (χ4n) is 6.18. The highest BCUT2D eigenvalue weighted by Gasteiger charge is 2.52. The third kappa shape index (κ3) is 6.77. The largest absolute Gasteiger partial charge is 0.351 e. The molecule has 1 aromatic carbocycles. The van der Waals surface area contributed by atoms with Crippen LogP contribution in [-0.4, -0.2) is 79.5 Å². The first-order valence-electron chi connectivity index (χ1n) is 14.0. The van der Waals surface area contributed by atoms with E-state index in [2.05, 4.69) is 42.5 Å². The van der Waals surface area contributed by atoms with Gasteiger partial charge in [-0.3, -0.25) is 9.69 Å². The van der Waals surface area contributed by atoms with Crippen LogP contribution in [0.1, 0.15) is 52.5 Å². The zero-order valence-electron chi connectivity index (χ0n) is 24.6. The maximum Gasteiger partial charge on any atom is 0.314 e. The third-order valence-corrected chi connectivity index (χ3v) is 9.21. The summed E-state index contributed by atoms with van der Waals surface area (Å²) < 4.78 is 29.1. The Morgan fingerprint density at radius 1 is 1.18 bits per heavy atom. The fraction of sp³-hybridized carbons (Fsp3) is 0.600. The Morgan fingerprint density at radius 3 is 2.35 bits per heavy atom. The topological polar surface area (TPSA) is 94.6 Å². The number of amides is 3. The molecule has 2 aliphatic rings. The van der Waals surface area contributed by atoms with Crippen molar-refractivity contribution in [1.29, 1.82) is 0 Å². The lowest BCUT2D eigenvalue weighted by Gasteiger charge is -2.45. The number of azo groups is 1. The van der Waals surface area contributed by atoms with Gasteiger partial charge in [0.25, 0.3) is 0 Å². The predicted octanol–water partition coefficient (Wildman–Crippen LogP) is 5.32. The van der Waals surface area contributed by atoms with Gasteiger partial charge in [0, 0.05) is 59.3 Å². The molecule has 0 radical (unpaired) electrons. The van der Waals surface area contributed by atoms with Crippen LogP contribution < -0.4 is 5.73 Å². The maximum absolute atomic E-state index is 14.5. The van der Waals surface area contributed by atoms with Crippen molar-refractivity contribution in [2.75, 3.05) is 52.9 Å². The van der Waals surface area contributed by atoms with Crippen molar-refractivity contribution in [3.8, 4) is 0 Å². The first-order valence-corrected chi connectivity index (χ1v) is 14.0. The molecule has 0 spiro atoms. The quantitative estimate of drug-likeness (QED) is 0.311. The van der Waals surface area contributed by atoms with E-state index < -0.39 is 17.7 Å². The summed E-state index contributed by atoms with van der Waals surface area (Å²) in [6.07, 6.45) is 3.78. The van der Waals surface area contributed by atoms with Crippen molar-refractivity contribution in [3.05, 3.63) is 53.6 Å². The summed E-state index contributed by atoms with van der Waals surface area (Å²) in [7, 11) is 1.46. The van der Waals surface area contributed by atoms with Gasteiger partial charge in [0.15, 0.2) is 0 Å². The number of piperazine rings is 1. The molecule has 1 heterocycles. The Morgan fingerprint density at radius 2 is 1.80 bits per heavy atom. The standard InChI is InChI=1S/C30H44F2N6O2/c1-7-37(26(39)12-14-36-15-17-38(18-16-36)28(33)40)20-30(5)13-11-22(29(30,3)4)21(2)19-25(35-34-6)27-23(31)9-8-10-24(27)32/h8-10,19,22H,2,7,11-18,20H2,1,3-6H3,(H2,33,40)/b25-19-,35-34-/t22-,30-/m0/s1. The van der Waals surface area contributed by atoms with Crippen LogP contribution in [0, 0.1) is 28.4 Å². The third-order valence-electron chi connectivity index (χ3n) is 9.21. The van der Waals surface area contributed by atoms with Gasteiger partial charge in [-0.1, -0.05) is 33.4 Å². The molecule has 3 amide bonds. The Hall–Kier alpha value is -3.14. The molecule has 2 fully saturated rings. The number of nitrogens with two attached hydrogens (primary N) is 1. The minimum absolute atomic E-state index is 0.0322. The van der Waals surface area contributed by atoms with Crippen LogP contribution >= 0.6 is 0 Å². The zero-order chi connectivity index (χ0) is 29.7. The average molecular weight is 559 g/mol. The Kier molecular flexibility index (Phi) is 10.2. The number of carbonyl (C=O) groups excluding carboxylic acids is 2. The number of allylic oxidation sites excluding steroid dienone is 2. The van der Waals surface area contributed by atoms with Crippen molar-refractivity contribution in [2.24, 2.45) is 32.7 Å². The van der Waals surface area contributed by atoms with Gasteiger partial charge in [-0.05, 0) is 60.3 Å². The minimum atomic E-state index is -0.700. The number of carbonyl (C=O) groups is 2. The lowest BCUT2D eigenvalue weighted by molar-refractivity contribution is -0.134. The van der Waals surface area contributed by atoms with Crippen LogP contribution in [-0.2, 0) is 4.79 Å². The van der Waals surface area contributed by atoms with Gasteiger partial charge in [0.05, 0.1) is 11.3 Å². The van der Waals surface area contributed by atoms with Crippen LogP contribution in [0.25, 0.3) is 5.70 Å². The number of halogens is 2. The smallest absolute Gasteiger partial charge is 0.314 e. The molecule has 0 bridgehead atoms. The Labute approximate surface area is 237 Å². The van der Waals surface area contributed by atoms with E-state index in [0.717, 1.165) is 18.4 Å². The van der Waals surface area contributed by atoms with E-state index in [4.69, 9.17) is 5.73 Å². The van der Waals surface area contributed by atoms with Gasteiger partial charge in [-0.25, -0.2) is 13.6 Å². The number of primary amides is 1. The molecule has 1 saturated carbocycles. The van der Waals surface area contributed by atoms with E-state index in [1.807, 2.05) is 11.8 Å². The number of rotatable bonds is 10. The molecule has 220 valence electrons. The molecule has 1 aliphatic carbocycles. The molecule has 1 aromatic rings. The first kappa shape index (κ1) is 31.4. The van der Waals surface area contributed by atoms with Crippen molar-refractivity contribution in [3.63, 3.8) is 0 Å². The van der Waals surface area contributed by atoms with E-state index >= 15 is 0 Å². The van der Waals surface area contributed by atoms with E-state index in [0.29, 0.717) is 52.2 Å². The van der Waals surface area contributed by atoms with Crippen LogP contribution in [0.3, 0.4) is 0 Å². The summed E-state index contributed by atoms with van der Waals surface area (Å²) in [5.41, 5.74) is 5.56. The molecule has 40 heavy (non-hydrogen) atoms. The van der Waals surface area contributed by atoms with Gasteiger partial charge in [0.2, 0.25) is 5.91 Å². The van der Waals surface area contributed by atoms with Gasteiger partial charge in [-0.2, -0.15) is 10.2 Å². The van der Waals surface area contributed by atoms with Gasteiger partial charge >= 0.3 is 6.03 Å². The summed E-state index contributed by atoms with van der Waals surface area (Å²) in [5, 5.41) is 7.81. The van der Waals surface area contributed by atoms with Crippen LogP contribution in [0.4, 0.5) is 13.6 Å². The summed E-state index contributed by atoms with van der Waals surface area (Å²) in [6, 6.07) is 3.32. The summed E-state index contributed by atoms with van der Waals surface area (Å²) in [4.78, 5) is 30.4. The zero-order valence-corrected chi connectivity index (χ0v) is 24.6. The van der Waals surface area contributed by atoms with Gasteiger partial charge in [0.1, 0.15) is 11.6 Å². The van der Waals surface area contributed by atoms with Crippen molar-refractivity contribution >= 4 is 17.6 Å². The summed E-state index contributed by atoms with van der Waals surface area (Å²) in [6.45, 7) is 17.3. The van der Waals surface area contributed by atoms with Crippen molar-refractivity contribution in [1.82, 2.24) is 14.7 Å². The molecular weight excluding hydrogens is 514 g/mol. The van der Waals surface area contributed by atoms with E-state index in [1.54, 1.807) is 11.0 Å². The monoisotopic (exact) mass is 558 g/mol. The normalized spacial score (nSPS) is 23.5. The molecule has 10 heteroatoms. The summed E-state index contributed by atoms with van der Waals surface area (Å²) >= 11 is 0. The van der Waals surface area contributed by atoms with Crippen molar-refractivity contribution < 1.29 is 18.4 Å². The van der Waals surface area contributed by atoms with Crippen LogP contribution in [0.2, 0.25) is 0 Å². The number of benzene rings is 1. The van der Waals surface area contributed by atoms with Gasteiger partial charge in [-0.15, -0.1) is 0 Å².